The molecule has 0 atom stereocenters. The smallest absolute Gasteiger partial charge is 0.342 e. The Kier molecular flexibility index (Phi) is 15.6. The summed E-state index contributed by atoms with van der Waals surface area (Å²) in [7, 11) is 1.19. The van der Waals surface area contributed by atoms with Crippen LogP contribution in [-0.4, -0.2) is 140 Å². The summed E-state index contributed by atoms with van der Waals surface area (Å²) in [5, 5.41) is 39.9. The molecule has 18 nitrogen and oxygen atoms in total. The molecule has 354 valence electrons. The summed E-state index contributed by atoms with van der Waals surface area (Å²) in [5.74, 6) is 0.205. The number of aliphatic hydroxyl groups excluding tert-OH is 1. The molecule has 9 heterocycles. The van der Waals surface area contributed by atoms with Crippen LogP contribution in [-0.2, 0) is 32.2 Å². The fourth-order valence-electron chi connectivity index (χ4n) is 7.95. The van der Waals surface area contributed by atoms with Crippen LogP contribution in [0.15, 0.2) is 91.4 Å². The number of aliphatic hydroxyl groups is 1. The number of hydrogen-bond acceptors (Lipinski definition) is 18. The fourth-order valence-corrected chi connectivity index (χ4v) is 7.95. The van der Waals surface area contributed by atoms with E-state index < -0.39 is 11.9 Å². The van der Waals surface area contributed by atoms with E-state index in [1.165, 1.54) is 62.8 Å². The van der Waals surface area contributed by atoms with Crippen LogP contribution in [0.5, 0.6) is 23.0 Å². The zero-order valence-corrected chi connectivity index (χ0v) is 36.9. The number of carbonyl (C=O) groups excluding carboxylic acids is 3. The number of aldehydes is 2. The number of aromatic nitrogens is 3. The molecule has 0 bridgehead atoms. The van der Waals surface area contributed by atoms with E-state index in [1.807, 2.05) is 24.3 Å². The number of methoxy groups -OCH3 is 1. The Morgan fingerprint density at radius 1 is 0.687 bits per heavy atom. The molecular formula is C48H53FN6O12. The number of nitrogens with zero attached hydrogens (tertiary/aromatic N) is 5. The number of rotatable bonds is 9. The van der Waals surface area contributed by atoms with Crippen molar-refractivity contribution >= 4 is 30.2 Å². The van der Waals surface area contributed by atoms with Crippen molar-refractivity contribution in [2.45, 2.75) is 13.2 Å². The standard InChI is InChI=1S/C18H18N2O4.C11H14N2O2.C7H6FNO2.C7H6O3.C5H9NO/c21-7-14-15(22)4-1-5-16(14)24-8-13-3-2-6-19-17(13)20-9-18(10-20)11-23-12-18;14-4-9-2-1-3-12-10(9)13-5-11(6-13)7-15-8-11;1-11-7(10)5-3-2-4-9-6(5)8;8-4-5-6(9)2-1-3-7(5)10;1-5(2-6-1)3-7-4-5/h1-7,22H,8-12H2;1-3,14H,4-8H2;2-4H,1H3;1-4,9-10H;6H,1-4H2. The number of halogens is 1. The SMILES string of the molecule is C1NCC12COC2.COC(=O)c1cccnc1F.O=Cc1c(O)cccc1O.O=Cc1c(O)cccc1OCc1cccnc1N1CC2(COC2)C1.OCc1cccnc1N1CC2(COC2)C1. The van der Waals surface area contributed by atoms with Gasteiger partial charge in [-0.05, 0) is 48.5 Å². The second-order valence-corrected chi connectivity index (χ2v) is 17.2. The maximum absolute atomic E-state index is 12.6. The summed E-state index contributed by atoms with van der Waals surface area (Å²) in [5.41, 5.74) is 3.13. The van der Waals surface area contributed by atoms with Crippen molar-refractivity contribution < 1.29 is 62.9 Å². The summed E-state index contributed by atoms with van der Waals surface area (Å²) >= 11 is 0. The van der Waals surface area contributed by atoms with Crippen LogP contribution < -0.4 is 19.9 Å². The van der Waals surface area contributed by atoms with E-state index in [2.05, 4.69) is 34.8 Å². The number of phenols is 3. The number of anilines is 2. The number of ether oxygens (including phenoxy) is 5. The molecule has 0 amide bonds. The van der Waals surface area contributed by atoms with Crippen LogP contribution in [0, 0.1) is 22.2 Å². The van der Waals surface area contributed by atoms with Crippen molar-refractivity contribution in [2.24, 2.45) is 16.2 Å². The molecule has 5 N–H and O–H groups in total. The fraction of sp³-hybridized carbons (Fsp3) is 0.375. The largest absolute Gasteiger partial charge is 0.507 e. The third-order valence-electron chi connectivity index (χ3n) is 11.9. The zero-order chi connectivity index (χ0) is 47.4. The van der Waals surface area contributed by atoms with Gasteiger partial charge in [0.05, 0.1) is 75.3 Å². The van der Waals surface area contributed by atoms with Gasteiger partial charge < -0.3 is 59.2 Å². The molecule has 0 saturated carbocycles. The Morgan fingerprint density at radius 3 is 1.58 bits per heavy atom. The van der Waals surface area contributed by atoms with Crippen LogP contribution in [0.1, 0.15) is 42.2 Å². The molecule has 6 saturated heterocycles. The van der Waals surface area contributed by atoms with Crippen LogP contribution in [0.4, 0.5) is 16.0 Å². The Labute approximate surface area is 385 Å². The first-order chi connectivity index (χ1) is 32.5. The highest BCUT2D eigenvalue weighted by atomic mass is 19.1. The number of aromatic hydroxyl groups is 3. The second-order valence-electron chi connectivity index (χ2n) is 17.2. The Bertz CT molecular complexity index is 2450. The van der Waals surface area contributed by atoms with Crippen molar-refractivity contribution in [3.63, 3.8) is 0 Å². The van der Waals surface area contributed by atoms with Crippen LogP contribution in [0.25, 0.3) is 0 Å². The lowest BCUT2D eigenvalue weighted by Crippen LogP contribution is -2.66. The highest BCUT2D eigenvalue weighted by molar-refractivity contribution is 5.89. The van der Waals surface area contributed by atoms with Crippen LogP contribution >= 0.6 is 0 Å². The van der Waals surface area contributed by atoms with Gasteiger partial charge in [0.1, 0.15) is 46.8 Å². The van der Waals surface area contributed by atoms with E-state index in [1.54, 1.807) is 24.5 Å². The highest BCUT2D eigenvalue weighted by Crippen LogP contribution is 2.42. The summed E-state index contributed by atoms with van der Waals surface area (Å²) in [6.45, 7) is 12.0. The lowest BCUT2D eigenvalue weighted by atomic mass is 9.78. The van der Waals surface area contributed by atoms with E-state index >= 15 is 0 Å². The van der Waals surface area contributed by atoms with Gasteiger partial charge in [0, 0.05) is 74.4 Å². The Hall–Kier alpha value is -6.77. The molecule has 6 aliphatic heterocycles. The molecule has 2 aromatic carbocycles. The predicted molar refractivity (Wildman–Crippen MR) is 240 cm³/mol. The molecule has 0 aliphatic carbocycles. The summed E-state index contributed by atoms with van der Waals surface area (Å²) in [6.07, 6.45) is 5.82. The third kappa shape index (κ3) is 11.3. The minimum Gasteiger partial charge on any atom is -0.507 e. The average Bonchev–Trinajstić information content (AvgIpc) is 3.24. The molecule has 0 radical (unpaired) electrons. The molecule has 67 heavy (non-hydrogen) atoms. The van der Waals surface area contributed by atoms with Gasteiger partial charge in [-0.3, -0.25) is 9.59 Å². The molecule has 19 heteroatoms. The minimum absolute atomic E-state index is 0.0587. The average molecular weight is 925 g/mol. The van der Waals surface area contributed by atoms with Gasteiger partial charge in [0.25, 0.3) is 0 Å². The zero-order valence-electron chi connectivity index (χ0n) is 36.9. The van der Waals surface area contributed by atoms with Gasteiger partial charge in [0.15, 0.2) is 12.6 Å². The lowest BCUT2D eigenvalue weighted by Gasteiger charge is -2.55. The van der Waals surface area contributed by atoms with E-state index in [0.29, 0.717) is 34.6 Å². The van der Waals surface area contributed by atoms with Crippen molar-refractivity contribution in [2.75, 3.05) is 95.8 Å². The molecule has 3 spiro atoms. The van der Waals surface area contributed by atoms with Crippen molar-refractivity contribution in [1.82, 2.24) is 20.3 Å². The molecular weight excluding hydrogens is 872 g/mol. The summed E-state index contributed by atoms with van der Waals surface area (Å²) < 4.78 is 38.2. The van der Waals surface area contributed by atoms with Gasteiger partial charge in [-0.1, -0.05) is 24.3 Å². The van der Waals surface area contributed by atoms with Crippen LogP contribution in [0.3, 0.4) is 0 Å². The quantitative estimate of drug-likeness (QED) is 0.0800. The molecule has 0 unspecified atom stereocenters. The number of hydrogen-bond donors (Lipinski definition) is 5. The van der Waals surface area contributed by atoms with Gasteiger partial charge in [-0.2, -0.15) is 4.39 Å². The van der Waals surface area contributed by atoms with E-state index in [0.717, 1.165) is 88.6 Å². The van der Waals surface area contributed by atoms with Crippen molar-refractivity contribution in [1.29, 1.82) is 0 Å². The molecule has 6 fully saturated rings. The molecule has 6 aliphatic rings. The van der Waals surface area contributed by atoms with Gasteiger partial charge in [-0.15, -0.1) is 0 Å². The van der Waals surface area contributed by atoms with Gasteiger partial charge >= 0.3 is 5.97 Å². The second kappa shape index (κ2) is 21.7. The third-order valence-corrected chi connectivity index (χ3v) is 11.9. The van der Waals surface area contributed by atoms with E-state index in [4.69, 9.17) is 29.2 Å². The predicted octanol–water partition coefficient (Wildman–Crippen LogP) is 3.95. The first-order valence-electron chi connectivity index (χ1n) is 21.4. The van der Waals surface area contributed by atoms with Crippen molar-refractivity contribution in [3.05, 3.63) is 125 Å². The normalized spacial score (nSPS) is 17.9. The van der Waals surface area contributed by atoms with E-state index in [9.17, 15) is 29.0 Å². The van der Waals surface area contributed by atoms with Gasteiger partial charge in [0.2, 0.25) is 5.95 Å². The molecule has 11 rings (SSSR count). The maximum Gasteiger partial charge on any atom is 0.342 e. The number of esters is 1. The Balaban J connectivity index is 0.000000133. The molecule has 5 aromatic rings. The van der Waals surface area contributed by atoms with Crippen LogP contribution in [0.2, 0.25) is 0 Å². The maximum atomic E-state index is 12.6. The first-order valence-corrected chi connectivity index (χ1v) is 21.4. The topological polar surface area (TPSA) is 235 Å². The lowest BCUT2D eigenvalue weighted by molar-refractivity contribution is -0.139. The minimum atomic E-state index is -0.806. The first kappa shape index (κ1) is 48.2. The van der Waals surface area contributed by atoms with E-state index in [-0.39, 0.29) is 47.2 Å². The summed E-state index contributed by atoms with van der Waals surface area (Å²) in [4.78, 5) is 48.5. The number of carbonyl (C=O) groups is 3. The highest BCUT2D eigenvalue weighted by Gasteiger charge is 2.50. The Morgan fingerprint density at radius 2 is 1.16 bits per heavy atom. The molecule has 3 aromatic heterocycles. The number of pyridine rings is 3. The number of phenolic OH excluding ortho intramolecular Hbond substituents is 3. The summed E-state index contributed by atoms with van der Waals surface area (Å²) in [6, 6.07) is 19.3. The monoisotopic (exact) mass is 924 g/mol. The van der Waals surface area contributed by atoms with Gasteiger partial charge in [-0.25, -0.2) is 19.7 Å². The van der Waals surface area contributed by atoms with Crippen molar-refractivity contribution in [3.8, 4) is 23.0 Å². The number of benzene rings is 2. The number of nitrogens with one attached hydrogen (secondary N) is 1.